The summed E-state index contributed by atoms with van der Waals surface area (Å²) in [6, 6.07) is 0. The van der Waals surface area contributed by atoms with Crippen molar-refractivity contribution in [3.05, 3.63) is 18.2 Å². The molecular weight excluding hydrogens is 140 g/mol. The van der Waals surface area contributed by atoms with Crippen LogP contribution in [-0.4, -0.2) is 15.7 Å². The van der Waals surface area contributed by atoms with Crippen molar-refractivity contribution in [2.45, 2.75) is 26.6 Å². The van der Waals surface area contributed by atoms with Crippen LogP contribution in [0, 0.1) is 0 Å². The van der Waals surface area contributed by atoms with Gasteiger partial charge in [0.15, 0.2) is 0 Å². The molecule has 0 aromatic carbocycles. The predicted molar refractivity (Wildman–Crippen MR) is 43.1 cm³/mol. The third-order valence-corrected chi connectivity index (χ3v) is 1.47. The van der Waals surface area contributed by atoms with Crippen LogP contribution < -0.4 is 0 Å². The van der Waals surface area contributed by atoms with E-state index in [2.05, 4.69) is 4.98 Å². The summed E-state index contributed by atoms with van der Waals surface area (Å²) in [5.74, 6) is 0.971. The first-order valence-electron chi connectivity index (χ1n) is 3.78. The molecule has 62 valence electrons. The van der Waals surface area contributed by atoms with E-state index in [0.717, 1.165) is 5.82 Å². The maximum absolute atomic E-state index is 5.38. The highest BCUT2D eigenvalue weighted by Gasteiger charge is 1.99. The number of ether oxygens (including phenoxy) is 1. The van der Waals surface area contributed by atoms with Crippen molar-refractivity contribution in [2.75, 3.05) is 0 Å². The summed E-state index contributed by atoms with van der Waals surface area (Å²) in [6.45, 7) is 4.63. The predicted octanol–water partition coefficient (Wildman–Crippen LogP) is 1.35. The highest BCUT2D eigenvalue weighted by Crippen LogP contribution is 1.99. The van der Waals surface area contributed by atoms with Gasteiger partial charge >= 0.3 is 0 Å². The molecule has 0 bridgehead atoms. The van der Waals surface area contributed by atoms with E-state index < -0.39 is 0 Å². The molecule has 11 heavy (non-hydrogen) atoms. The Hall–Kier alpha value is -0.830. The number of imidazole rings is 1. The fourth-order valence-corrected chi connectivity index (χ4v) is 0.777. The van der Waals surface area contributed by atoms with Gasteiger partial charge in [0.05, 0.1) is 6.10 Å². The fraction of sp³-hybridized carbons (Fsp3) is 0.625. The van der Waals surface area contributed by atoms with Crippen molar-refractivity contribution in [2.24, 2.45) is 7.05 Å². The van der Waals surface area contributed by atoms with E-state index in [1.807, 2.05) is 31.7 Å². The van der Waals surface area contributed by atoms with Crippen molar-refractivity contribution in [1.82, 2.24) is 9.55 Å². The van der Waals surface area contributed by atoms with Crippen molar-refractivity contribution in [3.63, 3.8) is 0 Å². The molecule has 0 saturated carbocycles. The summed E-state index contributed by atoms with van der Waals surface area (Å²) in [4.78, 5) is 4.13. The van der Waals surface area contributed by atoms with Crippen molar-refractivity contribution in [3.8, 4) is 0 Å². The van der Waals surface area contributed by atoms with Gasteiger partial charge in [-0.1, -0.05) is 0 Å². The molecule has 0 spiro atoms. The molecule has 0 aliphatic rings. The van der Waals surface area contributed by atoms with Gasteiger partial charge in [0.25, 0.3) is 0 Å². The van der Waals surface area contributed by atoms with Crippen molar-refractivity contribution >= 4 is 0 Å². The van der Waals surface area contributed by atoms with Crippen LogP contribution in [0.3, 0.4) is 0 Å². The zero-order valence-electron chi connectivity index (χ0n) is 7.24. The minimum absolute atomic E-state index is 0.270. The summed E-state index contributed by atoms with van der Waals surface area (Å²) >= 11 is 0. The van der Waals surface area contributed by atoms with Crippen LogP contribution in [0.15, 0.2) is 12.4 Å². The molecule has 0 fully saturated rings. The Kier molecular flexibility index (Phi) is 2.65. The van der Waals surface area contributed by atoms with E-state index in [4.69, 9.17) is 4.74 Å². The Morgan fingerprint density at radius 1 is 1.64 bits per heavy atom. The van der Waals surface area contributed by atoms with E-state index in [1.54, 1.807) is 6.20 Å². The highest BCUT2D eigenvalue weighted by atomic mass is 16.5. The summed E-state index contributed by atoms with van der Waals surface area (Å²) in [5, 5.41) is 0. The highest BCUT2D eigenvalue weighted by molar-refractivity contribution is 4.88. The molecule has 0 aliphatic heterocycles. The zero-order valence-corrected chi connectivity index (χ0v) is 7.24. The smallest absolute Gasteiger partial charge is 0.134 e. The molecule has 3 nitrogen and oxygen atoms in total. The summed E-state index contributed by atoms with van der Waals surface area (Å²) < 4.78 is 7.34. The monoisotopic (exact) mass is 154 g/mol. The Bertz CT molecular complexity index is 218. The van der Waals surface area contributed by atoms with Gasteiger partial charge in [0.2, 0.25) is 0 Å². The first-order chi connectivity index (χ1) is 5.20. The Morgan fingerprint density at radius 3 is 2.82 bits per heavy atom. The molecule has 1 aromatic rings. The Labute approximate surface area is 67.0 Å². The van der Waals surface area contributed by atoms with Gasteiger partial charge < -0.3 is 9.30 Å². The Morgan fingerprint density at radius 2 is 2.36 bits per heavy atom. The van der Waals surface area contributed by atoms with Gasteiger partial charge in [-0.05, 0) is 13.8 Å². The quantitative estimate of drug-likeness (QED) is 0.657. The first-order valence-corrected chi connectivity index (χ1v) is 3.78. The molecule has 1 rings (SSSR count). The van der Waals surface area contributed by atoms with E-state index >= 15 is 0 Å². The van der Waals surface area contributed by atoms with Crippen LogP contribution in [0.5, 0.6) is 0 Å². The number of aromatic nitrogens is 2. The standard InChI is InChI=1S/C8H14N2O/c1-7(2)11-6-8-9-4-5-10(8)3/h4-5,7H,6H2,1-3H3. The molecule has 0 N–H and O–H groups in total. The van der Waals surface area contributed by atoms with E-state index in [1.165, 1.54) is 0 Å². The van der Waals surface area contributed by atoms with Crippen LogP contribution in [0.1, 0.15) is 19.7 Å². The van der Waals surface area contributed by atoms with Gasteiger partial charge in [-0.25, -0.2) is 4.98 Å². The average Bonchev–Trinajstić information content (AvgIpc) is 2.31. The normalized spacial score (nSPS) is 10.9. The largest absolute Gasteiger partial charge is 0.371 e. The molecule has 0 aliphatic carbocycles. The fourth-order valence-electron chi connectivity index (χ4n) is 0.777. The number of rotatable bonds is 3. The van der Waals surface area contributed by atoms with Crippen LogP contribution in [0.2, 0.25) is 0 Å². The van der Waals surface area contributed by atoms with Gasteiger partial charge in [-0.2, -0.15) is 0 Å². The van der Waals surface area contributed by atoms with Crippen LogP contribution in [-0.2, 0) is 18.4 Å². The van der Waals surface area contributed by atoms with Gasteiger partial charge in [-0.3, -0.25) is 0 Å². The van der Waals surface area contributed by atoms with Crippen LogP contribution >= 0.6 is 0 Å². The van der Waals surface area contributed by atoms with Crippen LogP contribution in [0.25, 0.3) is 0 Å². The van der Waals surface area contributed by atoms with Gasteiger partial charge in [0.1, 0.15) is 12.4 Å². The van der Waals surface area contributed by atoms with E-state index in [9.17, 15) is 0 Å². The molecule has 0 amide bonds. The van der Waals surface area contributed by atoms with E-state index in [0.29, 0.717) is 6.61 Å². The second-order valence-electron chi connectivity index (χ2n) is 2.81. The van der Waals surface area contributed by atoms with Gasteiger partial charge in [-0.15, -0.1) is 0 Å². The molecule has 0 unspecified atom stereocenters. The molecular formula is C8H14N2O. The average molecular weight is 154 g/mol. The van der Waals surface area contributed by atoms with Crippen molar-refractivity contribution < 1.29 is 4.74 Å². The summed E-state index contributed by atoms with van der Waals surface area (Å²) in [5.41, 5.74) is 0. The van der Waals surface area contributed by atoms with Crippen LogP contribution in [0.4, 0.5) is 0 Å². The zero-order chi connectivity index (χ0) is 8.27. The SMILES string of the molecule is CC(C)OCc1nccn1C. The summed E-state index contributed by atoms with van der Waals surface area (Å²) in [6.07, 6.45) is 3.96. The summed E-state index contributed by atoms with van der Waals surface area (Å²) in [7, 11) is 1.96. The second kappa shape index (κ2) is 3.53. The number of hydrogen-bond donors (Lipinski definition) is 0. The van der Waals surface area contributed by atoms with Crippen molar-refractivity contribution in [1.29, 1.82) is 0 Å². The third-order valence-electron chi connectivity index (χ3n) is 1.47. The molecule has 1 heterocycles. The lowest BCUT2D eigenvalue weighted by molar-refractivity contribution is 0.0600. The number of aryl methyl sites for hydroxylation is 1. The van der Waals surface area contributed by atoms with E-state index in [-0.39, 0.29) is 6.10 Å². The maximum Gasteiger partial charge on any atom is 0.134 e. The first kappa shape index (κ1) is 8.27. The Balaban J connectivity index is 2.44. The lowest BCUT2D eigenvalue weighted by atomic mass is 10.5. The minimum atomic E-state index is 0.270. The molecule has 0 atom stereocenters. The molecule has 0 saturated heterocycles. The molecule has 0 radical (unpaired) electrons. The molecule has 1 aromatic heterocycles. The topological polar surface area (TPSA) is 27.1 Å². The number of nitrogens with zero attached hydrogens (tertiary/aromatic N) is 2. The minimum Gasteiger partial charge on any atom is -0.371 e. The van der Waals surface area contributed by atoms with Gasteiger partial charge in [0, 0.05) is 19.4 Å². The molecule has 3 heteroatoms. The maximum atomic E-state index is 5.38. The lowest BCUT2D eigenvalue weighted by Crippen LogP contribution is -2.06. The second-order valence-corrected chi connectivity index (χ2v) is 2.81. The number of hydrogen-bond acceptors (Lipinski definition) is 2. The third kappa shape index (κ3) is 2.35. The lowest BCUT2D eigenvalue weighted by Gasteiger charge is -2.06.